The topological polar surface area (TPSA) is 38.9 Å². The Balaban J connectivity index is 2.10. The van der Waals surface area contributed by atoms with E-state index in [2.05, 4.69) is 46.9 Å². The molecular weight excluding hydrogens is 276 g/mol. The van der Waals surface area contributed by atoms with Gasteiger partial charge in [-0.15, -0.1) is 11.3 Å². The lowest BCUT2D eigenvalue weighted by molar-refractivity contribution is 0.115. The lowest BCUT2D eigenvalue weighted by Crippen LogP contribution is -2.42. The molecule has 0 spiro atoms. The minimum Gasteiger partial charge on any atom is -0.319 e. The Morgan fingerprint density at radius 2 is 1.81 bits per heavy atom. The van der Waals surface area contributed by atoms with Crippen molar-refractivity contribution in [1.29, 1.82) is 0 Å². The molecule has 0 bridgehead atoms. The molecule has 0 radical (unpaired) electrons. The van der Waals surface area contributed by atoms with Crippen LogP contribution in [0.3, 0.4) is 0 Å². The zero-order chi connectivity index (χ0) is 15.9. The fourth-order valence-corrected chi connectivity index (χ4v) is 4.48. The van der Waals surface area contributed by atoms with E-state index in [0.29, 0.717) is 5.41 Å². The molecule has 2 N–H and O–H groups in total. The molecule has 2 nitrogen and oxygen atoms in total. The van der Waals surface area contributed by atoms with Crippen molar-refractivity contribution < 1.29 is 0 Å². The van der Waals surface area contributed by atoms with E-state index in [1.807, 2.05) is 0 Å². The molecule has 1 aromatic rings. The summed E-state index contributed by atoms with van der Waals surface area (Å²) in [5.41, 5.74) is 8.29. The summed E-state index contributed by atoms with van der Waals surface area (Å²) in [4.78, 5) is 4.88. The Hall–Kier alpha value is -0.410. The Morgan fingerprint density at radius 3 is 2.24 bits per heavy atom. The van der Waals surface area contributed by atoms with Gasteiger partial charge in [0.25, 0.3) is 0 Å². The maximum atomic E-state index is 6.73. The Morgan fingerprint density at radius 1 is 1.24 bits per heavy atom. The Bertz CT molecular complexity index is 474. The number of hydrogen-bond acceptors (Lipinski definition) is 3. The molecule has 21 heavy (non-hydrogen) atoms. The summed E-state index contributed by atoms with van der Waals surface area (Å²) in [7, 11) is 0. The fraction of sp³-hybridized carbons (Fsp3) is 0.833. The van der Waals surface area contributed by atoms with E-state index in [4.69, 9.17) is 10.7 Å². The molecule has 0 atom stereocenters. The summed E-state index contributed by atoms with van der Waals surface area (Å²) in [6.45, 7) is 13.8. The largest absolute Gasteiger partial charge is 0.319 e. The van der Waals surface area contributed by atoms with Crippen molar-refractivity contribution in [2.24, 2.45) is 17.1 Å². The first-order chi connectivity index (χ1) is 9.58. The van der Waals surface area contributed by atoms with Gasteiger partial charge in [-0.05, 0) is 37.0 Å². The van der Waals surface area contributed by atoms with E-state index in [0.717, 1.165) is 23.8 Å². The van der Waals surface area contributed by atoms with Crippen LogP contribution in [0.25, 0.3) is 0 Å². The third kappa shape index (κ3) is 3.50. The molecule has 1 aliphatic carbocycles. The van der Waals surface area contributed by atoms with Crippen molar-refractivity contribution in [3.63, 3.8) is 0 Å². The average molecular weight is 309 g/mol. The summed E-state index contributed by atoms with van der Waals surface area (Å²) in [5.74, 6) is 0.807. The molecule has 1 heterocycles. The first kappa shape index (κ1) is 17.0. The van der Waals surface area contributed by atoms with Gasteiger partial charge in [0.2, 0.25) is 0 Å². The normalized spacial score (nSPS) is 27.9. The smallest absolute Gasteiger partial charge is 0.113 e. The van der Waals surface area contributed by atoms with Crippen LogP contribution in [-0.2, 0) is 11.0 Å². The van der Waals surface area contributed by atoms with Crippen LogP contribution in [0.2, 0.25) is 0 Å². The van der Waals surface area contributed by atoms with Gasteiger partial charge >= 0.3 is 0 Å². The predicted molar refractivity (Wildman–Crippen MR) is 92.7 cm³/mol. The number of hydrogen-bond donors (Lipinski definition) is 1. The number of rotatable bonds is 3. The van der Waals surface area contributed by atoms with E-state index >= 15 is 0 Å². The summed E-state index contributed by atoms with van der Waals surface area (Å²) in [6, 6.07) is 0. The molecular formula is C18H32N2S. The molecule has 0 aromatic carbocycles. The lowest BCUT2D eigenvalue weighted by atomic mass is 9.66. The van der Waals surface area contributed by atoms with Crippen molar-refractivity contribution in [2.75, 3.05) is 0 Å². The molecule has 1 aromatic heterocycles. The average Bonchev–Trinajstić information content (AvgIpc) is 2.89. The predicted octanol–water partition coefficient (Wildman–Crippen LogP) is 5.22. The van der Waals surface area contributed by atoms with Gasteiger partial charge in [-0.25, -0.2) is 4.98 Å². The first-order valence-corrected chi connectivity index (χ1v) is 9.22. The molecule has 0 amide bonds. The number of aromatic nitrogens is 1. The van der Waals surface area contributed by atoms with Crippen molar-refractivity contribution in [2.45, 2.75) is 84.6 Å². The monoisotopic (exact) mass is 308 g/mol. The van der Waals surface area contributed by atoms with Gasteiger partial charge in [0.05, 0.1) is 11.2 Å². The van der Waals surface area contributed by atoms with Crippen LogP contribution in [0.15, 0.2) is 5.38 Å². The summed E-state index contributed by atoms with van der Waals surface area (Å²) < 4.78 is 0. The fourth-order valence-electron chi connectivity index (χ4n) is 3.26. The second kappa shape index (κ2) is 5.66. The number of nitrogens with two attached hydrogens (primary N) is 1. The maximum absolute atomic E-state index is 6.73. The molecule has 3 heteroatoms. The quantitative estimate of drug-likeness (QED) is 0.831. The molecule has 120 valence electrons. The van der Waals surface area contributed by atoms with Crippen molar-refractivity contribution >= 4 is 11.3 Å². The van der Waals surface area contributed by atoms with Crippen LogP contribution in [0, 0.1) is 11.3 Å². The van der Waals surface area contributed by atoms with Crippen LogP contribution < -0.4 is 5.73 Å². The highest BCUT2D eigenvalue weighted by Crippen LogP contribution is 2.46. The van der Waals surface area contributed by atoms with E-state index in [1.165, 1.54) is 25.0 Å². The summed E-state index contributed by atoms with van der Waals surface area (Å²) >= 11 is 1.76. The first-order valence-electron chi connectivity index (χ1n) is 8.34. The maximum Gasteiger partial charge on any atom is 0.113 e. The highest BCUT2D eigenvalue weighted by molar-refractivity contribution is 7.09. The summed E-state index contributed by atoms with van der Waals surface area (Å²) in [6.07, 6.45) is 5.89. The molecule has 1 aliphatic rings. The van der Waals surface area contributed by atoms with Gasteiger partial charge in [0.15, 0.2) is 0 Å². The molecule has 2 rings (SSSR count). The van der Waals surface area contributed by atoms with Crippen LogP contribution in [0.1, 0.15) is 84.3 Å². The van der Waals surface area contributed by atoms with Crippen LogP contribution in [0.5, 0.6) is 0 Å². The van der Waals surface area contributed by atoms with E-state index in [9.17, 15) is 0 Å². The number of nitrogens with zero attached hydrogens (tertiary/aromatic N) is 1. The van der Waals surface area contributed by atoms with Crippen LogP contribution >= 0.6 is 11.3 Å². The SMILES string of the molecule is CCC(C)(C)C1CCC(N)(c2nc(C(C)(C)C)cs2)CC1. The van der Waals surface area contributed by atoms with Crippen molar-refractivity contribution in [3.8, 4) is 0 Å². The molecule has 0 saturated heterocycles. The standard InChI is InChI=1S/C18H32N2S/c1-7-17(5,6)13-8-10-18(19,11-9-13)15-20-14(12-21-15)16(2,3)4/h12-13H,7-11,19H2,1-6H3. The van der Waals surface area contributed by atoms with Gasteiger partial charge in [-0.1, -0.05) is 48.0 Å². The zero-order valence-electron chi connectivity index (χ0n) is 14.6. The Labute approximate surface area is 134 Å². The summed E-state index contributed by atoms with van der Waals surface area (Å²) in [5, 5.41) is 3.35. The van der Waals surface area contributed by atoms with Crippen LogP contribution in [-0.4, -0.2) is 4.98 Å². The van der Waals surface area contributed by atoms with Gasteiger partial charge in [0, 0.05) is 10.8 Å². The third-order valence-corrected chi connectivity index (χ3v) is 6.65. The van der Waals surface area contributed by atoms with Gasteiger partial charge < -0.3 is 5.73 Å². The van der Waals surface area contributed by atoms with Gasteiger partial charge in [0.1, 0.15) is 5.01 Å². The molecule has 0 unspecified atom stereocenters. The minimum absolute atomic E-state index is 0.118. The van der Waals surface area contributed by atoms with E-state index in [1.54, 1.807) is 11.3 Å². The molecule has 1 saturated carbocycles. The van der Waals surface area contributed by atoms with Crippen LogP contribution in [0.4, 0.5) is 0 Å². The Kier molecular flexibility index (Phi) is 4.57. The second-order valence-electron chi connectivity index (χ2n) is 8.56. The van der Waals surface area contributed by atoms with Gasteiger partial charge in [-0.2, -0.15) is 0 Å². The van der Waals surface area contributed by atoms with E-state index in [-0.39, 0.29) is 11.0 Å². The number of thiazole rings is 1. The lowest BCUT2D eigenvalue weighted by Gasteiger charge is -2.42. The van der Waals surface area contributed by atoms with Gasteiger partial charge in [-0.3, -0.25) is 0 Å². The van der Waals surface area contributed by atoms with Crippen molar-refractivity contribution in [1.82, 2.24) is 4.98 Å². The molecule has 1 fully saturated rings. The second-order valence-corrected chi connectivity index (χ2v) is 9.42. The third-order valence-electron chi connectivity index (χ3n) is 5.59. The highest BCUT2D eigenvalue weighted by Gasteiger charge is 2.40. The highest BCUT2D eigenvalue weighted by atomic mass is 32.1. The van der Waals surface area contributed by atoms with E-state index < -0.39 is 0 Å². The minimum atomic E-state index is -0.186. The van der Waals surface area contributed by atoms with Crippen molar-refractivity contribution in [3.05, 3.63) is 16.1 Å². The molecule has 0 aliphatic heterocycles. The zero-order valence-corrected chi connectivity index (χ0v) is 15.4.